The van der Waals surface area contributed by atoms with Gasteiger partial charge in [0.15, 0.2) is 0 Å². The van der Waals surface area contributed by atoms with Crippen molar-refractivity contribution in [2.45, 2.75) is 51.6 Å². The summed E-state index contributed by atoms with van der Waals surface area (Å²) in [4.78, 5) is 27.9. The quantitative estimate of drug-likeness (QED) is 0.920. The number of aromatic nitrogens is 2. The standard InChI is InChI=1S/C13H18BrN3O2/c1-9-12(14)13(19)17(8-15-9)7-11(18)16-10-5-3-2-4-6-10/h8,10H,2-7H2,1H3,(H,16,18). The molecule has 0 spiro atoms. The molecular weight excluding hydrogens is 310 g/mol. The Labute approximate surface area is 120 Å². The minimum atomic E-state index is -0.216. The highest BCUT2D eigenvalue weighted by atomic mass is 79.9. The molecule has 0 radical (unpaired) electrons. The van der Waals surface area contributed by atoms with Gasteiger partial charge in [0.25, 0.3) is 5.56 Å². The van der Waals surface area contributed by atoms with Gasteiger partial charge in [-0.3, -0.25) is 14.2 Å². The molecular formula is C13H18BrN3O2. The van der Waals surface area contributed by atoms with E-state index < -0.39 is 0 Å². The number of nitrogens with one attached hydrogen (secondary N) is 1. The van der Waals surface area contributed by atoms with Crippen molar-refractivity contribution in [3.05, 3.63) is 26.8 Å². The summed E-state index contributed by atoms with van der Waals surface area (Å²) >= 11 is 3.19. The first-order valence-corrected chi connectivity index (χ1v) is 7.38. The molecule has 0 aliphatic heterocycles. The first-order chi connectivity index (χ1) is 9.08. The summed E-state index contributed by atoms with van der Waals surface area (Å²) in [6.45, 7) is 1.78. The number of nitrogens with zero attached hydrogens (tertiary/aromatic N) is 2. The van der Waals surface area contributed by atoms with Crippen LogP contribution in [0.4, 0.5) is 0 Å². The lowest BCUT2D eigenvalue weighted by Gasteiger charge is -2.22. The molecule has 0 aromatic carbocycles. The van der Waals surface area contributed by atoms with Crippen LogP contribution in [0.1, 0.15) is 37.8 Å². The van der Waals surface area contributed by atoms with Crippen LogP contribution in [0.3, 0.4) is 0 Å². The minimum absolute atomic E-state index is 0.0290. The van der Waals surface area contributed by atoms with Gasteiger partial charge in [0.05, 0.1) is 12.0 Å². The second kappa shape index (κ2) is 6.32. The van der Waals surface area contributed by atoms with Crippen LogP contribution in [0.5, 0.6) is 0 Å². The molecule has 2 rings (SSSR count). The van der Waals surface area contributed by atoms with Gasteiger partial charge >= 0.3 is 0 Å². The number of carbonyl (C=O) groups excluding carboxylic acids is 1. The van der Waals surface area contributed by atoms with E-state index >= 15 is 0 Å². The van der Waals surface area contributed by atoms with Gasteiger partial charge in [-0.15, -0.1) is 0 Å². The van der Waals surface area contributed by atoms with E-state index in [-0.39, 0.29) is 24.1 Å². The topological polar surface area (TPSA) is 64.0 Å². The zero-order valence-corrected chi connectivity index (χ0v) is 12.6. The molecule has 0 unspecified atom stereocenters. The molecule has 6 heteroatoms. The zero-order valence-electron chi connectivity index (χ0n) is 11.0. The maximum Gasteiger partial charge on any atom is 0.268 e. The molecule has 19 heavy (non-hydrogen) atoms. The summed E-state index contributed by atoms with van der Waals surface area (Å²) in [6, 6.07) is 0.263. The van der Waals surface area contributed by atoms with E-state index in [0.29, 0.717) is 10.2 Å². The summed E-state index contributed by atoms with van der Waals surface area (Å²) < 4.78 is 1.75. The summed E-state index contributed by atoms with van der Waals surface area (Å²) in [5.41, 5.74) is 0.417. The van der Waals surface area contributed by atoms with E-state index in [0.717, 1.165) is 12.8 Å². The van der Waals surface area contributed by atoms with Gasteiger partial charge in [-0.25, -0.2) is 4.98 Å². The monoisotopic (exact) mass is 327 g/mol. The molecule has 0 atom stereocenters. The zero-order chi connectivity index (χ0) is 13.8. The largest absolute Gasteiger partial charge is 0.352 e. The van der Waals surface area contributed by atoms with Crippen LogP contribution in [-0.4, -0.2) is 21.5 Å². The SMILES string of the molecule is Cc1ncn(CC(=O)NC2CCCCC2)c(=O)c1Br. The molecule has 1 saturated carbocycles. The van der Waals surface area contributed by atoms with E-state index in [1.807, 2.05) is 0 Å². The Morgan fingerprint density at radius 2 is 2.16 bits per heavy atom. The molecule has 1 aliphatic carbocycles. The maximum absolute atomic E-state index is 11.9. The number of hydrogen-bond acceptors (Lipinski definition) is 3. The second-order valence-corrected chi connectivity index (χ2v) is 5.77. The van der Waals surface area contributed by atoms with Gasteiger partial charge in [0, 0.05) is 6.04 Å². The fraction of sp³-hybridized carbons (Fsp3) is 0.615. The number of carbonyl (C=O) groups is 1. The first kappa shape index (κ1) is 14.2. The van der Waals surface area contributed by atoms with Crippen LogP contribution in [0, 0.1) is 6.92 Å². The van der Waals surface area contributed by atoms with Crippen molar-refractivity contribution >= 4 is 21.8 Å². The lowest BCUT2D eigenvalue weighted by Crippen LogP contribution is -2.40. The average molecular weight is 328 g/mol. The summed E-state index contributed by atoms with van der Waals surface area (Å²) in [6.07, 6.45) is 7.08. The third-order valence-corrected chi connectivity index (χ3v) is 4.35. The number of amides is 1. The predicted octanol–water partition coefficient (Wildman–Crippen LogP) is 1.76. The van der Waals surface area contributed by atoms with Gasteiger partial charge in [-0.05, 0) is 35.7 Å². The van der Waals surface area contributed by atoms with Crippen molar-refractivity contribution in [3.8, 4) is 0 Å². The molecule has 1 fully saturated rings. The van der Waals surface area contributed by atoms with Crippen molar-refractivity contribution in [1.29, 1.82) is 0 Å². The van der Waals surface area contributed by atoms with Crippen LogP contribution in [0.15, 0.2) is 15.6 Å². The van der Waals surface area contributed by atoms with Crippen molar-refractivity contribution in [1.82, 2.24) is 14.9 Å². The van der Waals surface area contributed by atoms with Gasteiger partial charge in [-0.2, -0.15) is 0 Å². The van der Waals surface area contributed by atoms with Gasteiger partial charge in [0.1, 0.15) is 11.0 Å². The number of rotatable bonds is 3. The normalized spacial score (nSPS) is 16.3. The Balaban J connectivity index is 1.99. The molecule has 1 amide bonds. The van der Waals surface area contributed by atoms with E-state index in [1.165, 1.54) is 30.2 Å². The Morgan fingerprint density at radius 3 is 2.84 bits per heavy atom. The fourth-order valence-electron chi connectivity index (χ4n) is 2.33. The summed E-state index contributed by atoms with van der Waals surface area (Å²) in [5, 5.41) is 2.99. The van der Waals surface area contributed by atoms with Crippen LogP contribution in [-0.2, 0) is 11.3 Å². The van der Waals surface area contributed by atoms with Crippen LogP contribution >= 0.6 is 15.9 Å². The molecule has 0 saturated heterocycles. The molecule has 1 aromatic heterocycles. The number of aryl methyl sites for hydroxylation is 1. The third kappa shape index (κ3) is 3.65. The van der Waals surface area contributed by atoms with Crippen LogP contribution in [0.25, 0.3) is 0 Å². The van der Waals surface area contributed by atoms with Crippen LogP contribution in [0.2, 0.25) is 0 Å². The molecule has 104 valence electrons. The molecule has 1 aromatic rings. The Hall–Kier alpha value is -1.17. The second-order valence-electron chi connectivity index (χ2n) is 4.98. The predicted molar refractivity (Wildman–Crippen MR) is 75.9 cm³/mol. The van der Waals surface area contributed by atoms with E-state index in [4.69, 9.17) is 0 Å². The van der Waals surface area contributed by atoms with Crippen molar-refractivity contribution in [2.24, 2.45) is 0 Å². The summed E-state index contributed by atoms with van der Waals surface area (Å²) in [7, 11) is 0. The van der Waals surface area contributed by atoms with Crippen LogP contribution < -0.4 is 10.9 Å². The maximum atomic E-state index is 11.9. The first-order valence-electron chi connectivity index (χ1n) is 6.59. The molecule has 1 heterocycles. The minimum Gasteiger partial charge on any atom is -0.352 e. The highest BCUT2D eigenvalue weighted by molar-refractivity contribution is 9.10. The van der Waals surface area contributed by atoms with Crippen molar-refractivity contribution < 1.29 is 4.79 Å². The van der Waals surface area contributed by atoms with Crippen molar-refractivity contribution in [3.63, 3.8) is 0 Å². The molecule has 1 aliphatic rings. The van der Waals surface area contributed by atoms with E-state index in [2.05, 4.69) is 26.2 Å². The highest BCUT2D eigenvalue weighted by Crippen LogP contribution is 2.17. The number of halogens is 1. The third-order valence-electron chi connectivity index (χ3n) is 3.44. The lowest BCUT2D eigenvalue weighted by atomic mass is 9.95. The molecule has 0 bridgehead atoms. The van der Waals surface area contributed by atoms with Gasteiger partial charge in [0.2, 0.25) is 5.91 Å². The molecule has 1 N–H and O–H groups in total. The van der Waals surface area contributed by atoms with Crippen molar-refractivity contribution in [2.75, 3.05) is 0 Å². The molecule has 5 nitrogen and oxygen atoms in total. The fourth-order valence-corrected chi connectivity index (χ4v) is 2.66. The Bertz CT molecular complexity index is 521. The summed E-state index contributed by atoms with van der Waals surface area (Å²) in [5.74, 6) is -0.119. The lowest BCUT2D eigenvalue weighted by molar-refractivity contribution is -0.122. The van der Waals surface area contributed by atoms with E-state index in [1.54, 1.807) is 6.92 Å². The van der Waals surface area contributed by atoms with Gasteiger partial charge in [-0.1, -0.05) is 19.3 Å². The average Bonchev–Trinajstić information content (AvgIpc) is 2.41. The Morgan fingerprint density at radius 1 is 1.47 bits per heavy atom. The highest BCUT2D eigenvalue weighted by Gasteiger charge is 2.16. The smallest absolute Gasteiger partial charge is 0.268 e. The Kier molecular flexibility index (Phi) is 4.74. The van der Waals surface area contributed by atoms with E-state index in [9.17, 15) is 9.59 Å². The van der Waals surface area contributed by atoms with Gasteiger partial charge < -0.3 is 5.32 Å². The number of hydrogen-bond donors (Lipinski definition) is 1.